The van der Waals surface area contributed by atoms with Crippen molar-refractivity contribution in [1.29, 1.82) is 0 Å². The third-order valence-electron chi connectivity index (χ3n) is 2.09. The Balaban J connectivity index is 2.77. The van der Waals surface area contributed by atoms with E-state index >= 15 is 0 Å². The van der Waals surface area contributed by atoms with E-state index < -0.39 is 0 Å². The molecule has 0 aliphatic heterocycles. The predicted molar refractivity (Wildman–Crippen MR) is 57.9 cm³/mol. The van der Waals surface area contributed by atoms with Crippen molar-refractivity contribution in [3.63, 3.8) is 0 Å². The van der Waals surface area contributed by atoms with Gasteiger partial charge in [0.25, 0.3) is 0 Å². The van der Waals surface area contributed by atoms with Crippen LogP contribution in [0.2, 0.25) is 5.02 Å². The number of halogens is 1. The van der Waals surface area contributed by atoms with Crippen LogP contribution < -0.4 is 5.73 Å². The van der Waals surface area contributed by atoms with Crippen LogP contribution in [-0.2, 0) is 6.54 Å². The quantitative estimate of drug-likeness (QED) is 0.756. The molecule has 0 radical (unpaired) electrons. The van der Waals surface area contributed by atoms with Gasteiger partial charge in [0.05, 0.1) is 0 Å². The first kappa shape index (κ1) is 10.4. The van der Waals surface area contributed by atoms with Crippen molar-refractivity contribution in [3.8, 4) is 0 Å². The molecule has 1 rings (SSSR count). The highest BCUT2D eigenvalue weighted by Gasteiger charge is 2.02. The van der Waals surface area contributed by atoms with E-state index in [2.05, 4.69) is 18.9 Å². The number of anilines is 1. The maximum atomic E-state index is 5.81. The van der Waals surface area contributed by atoms with Gasteiger partial charge in [0.1, 0.15) is 0 Å². The molecule has 13 heavy (non-hydrogen) atoms. The molecule has 1 aromatic rings. The molecule has 0 amide bonds. The molecule has 2 nitrogen and oxygen atoms in total. The normalized spacial score (nSPS) is 10.8. The van der Waals surface area contributed by atoms with Crippen LogP contribution in [-0.4, -0.2) is 18.5 Å². The first-order valence-corrected chi connectivity index (χ1v) is 4.73. The van der Waals surface area contributed by atoms with Gasteiger partial charge in [-0.25, -0.2) is 0 Å². The summed E-state index contributed by atoms with van der Waals surface area (Å²) in [6.07, 6.45) is 0. The molecule has 0 aromatic heterocycles. The van der Waals surface area contributed by atoms with Crippen molar-refractivity contribution in [1.82, 2.24) is 4.90 Å². The van der Waals surface area contributed by atoms with Crippen LogP contribution in [0.4, 0.5) is 5.69 Å². The van der Waals surface area contributed by atoms with Gasteiger partial charge in [-0.3, -0.25) is 0 Å². The van der Waals surface area contributed by atoms with Gasteiger partial charge in [-0.05, 0) is 31.3 Å². The van der Waals surface area contributed by atoms with E-state index in [1.165, 1.54) is 0 Å². The van der Waals surface area contributed by atoms with E-state index in [0.717, 1.165) is 24.3 Å². The lowest BCUT2D eigenvalue weighted by Crippen LogP contribution is -2.17. The summed E-state index contributed by atoms with van der Waals surface area (Å²) in [6, 6.07) is 5.64. The monoisotopic (exact) mass is 198 g/mol. The predicted octanol–water partition coefficient (Wildman–Crippen LogP) is 2.37. The fraction of sp³-hybridized carbons (Fsp3) is 0.400. The SMILES string of the molecule is CCN(C)Cc1ccc(Cl)cc1N. The van der Waals surface area contributed by atoms with Crippen molar-refractivity contribution in [2.45, 2.75) is 13.5 Å². The first-order chi connectivity index (χ1) is 6.13. The molecular formula is C10H15ClN2. The van der Waals surface area contributed by atoms with Crippen molar-refractivity contribution in [2.24, 2.45) is 0 Å². The summed E-state index contributed by atoms with van der Waals surface area (Å²) < 4.78 is 0. The van der Waals surface area contributed by atoms with Gasteiger partial charge < -0.3 is 10.6 Å². The Morgan fingerprint density at radius 3 is 2.69 bits per heavy atom. The van der Waals surface area contributed by atoms with Gasteiger partial charge in [-0.2, -0.15) is 0 Å². The number of rotatable bonds is 3. The van der Waals surface area contributed by atoms with E-state index in [9.17, 15) is 0 Å². The molecule has 2 N–H and O–H groups in total. The summed E-state index contributed by atoms with van der Waals surface area (Å²) in [5, 5.41) is 0.695. The minimum atomic E-state index is 0.695. The molecule has 1 aromatic carbocycles. The molecule has 0 heterocycles. The van der Waals surface area contributed by atoms with E-state index in [4.69, 9.17) is 17.3 Å². The minimum Gasteiger partial charge on any atom is -0.398 e. The molecule has 0 spiro atoms. The standard InChI is InChI=1S/C10H15ClN2/c1-3-13(2)7-8-4-5-9(11)6-10(8)12/h4-6H,3,7,12H2,1-2H3. The molecule has 0 aliphatic rings. The second-order valence-corrected chi connectivity index (χ2v) is 3.61. The number of hydrogen-bond acceptors (Lipinski definition) is 2. The van der Waals surface area contributed by atoms with Crippen LogP contribution in [0.1, 0.15) is 12.5 Å². The highest BCUT2D eigenvalue weighted by atomic mass is 35.5. The van der Waals surface area contributed by atoms with Crippen LogP contribution >= 0.6 is 11.6 Å². The fourth-order valence-corrected chi connectivity index (χ4v) is 1.29. The Labute approximate surface area is 84.3 Å². The number of nitrogens with zero attached hydrogens (tertiary/aromatic N) is 1. The molecule has 0 bridgehead atoms. The molecule has 0 saturated heterocycles. The van der Waals surface area contributed by atoms with Gasteiger partial charge in [0.15, 0.2) is 0 Å². The van der Waals surface area contributed by atoms with Crippen LogP contribution in [0.5, 0.6) is 0 Å². The molecule has 72 valence electrons. The summed E-state index contributed by atoms with van der Waals surface area (Å²) in [6.45, 7) is 4.01. The lowest BCUT2D eigenvalue weighted by Gasteiger charge is -2.15. The van der Waals surface area contributed by atoms with Gasteiger partial charge in [0, 0.05) is 17.3 Å². The molecule has 0 atom stereocenters. The fourth-order valence-electron chi connectivity index (χ4n) is 1.11. The number of nitrogens with two attached hydrogens (primary N) is 1. The average Bonchev–Trinajstić information content (AvgIpc) is 2.09. The van der Waals surface area contributed by atoms with Gasteiger partial charge in [-0.15, -0.1) is 0 Å². The topological polar surface area (TPSA) is 29.3 Å². The third kappa shape index (κ3) is 2.90. The summed E-state index contributed by atoms with van der Waals surface area (Å²) in [5.41, 5.74) is 7.72. The van der Waals surface area contributed by atoms with Crippen LogP contribution in [0.3, 0.4) is 0 Å². The first-order valence-electron chi connectivity index (χ1n) is 4.36. The van der Waals surface area contributed by atoms with Crippen LogP contribution in [0.15, 0.2) is 18.2 Å². The molecule has 0 aliphatic carbocycles. The Morgan fingerprint density at radius 1 is 1.46 bits per heavy atom. The number of benzene rings is 1. The average molecular weight is 199 g/mol. The zero-order valence-corrected chi connectivity index (χ0v) is 8.80. The summed E-state index contributed by atoms with van der Waals surface area (Å²) in [4.78, 5) is 2.19. The van der Waals surface area contributed by atoms with Crippen LogP contribution in [0, 0.1) is 0 Å². The second-order valence-electron chi connectivity index (χ2n) is 3.17. The summed E-state index contributed by atoms with van der Waals surface area (Å²) in [7, 11) is 2.06. The second kappa shape index (κ2) is 4.49. The number of hydrogen-bond donors (Lipinski definition) is 1. The molecule has 0 unspecified atom stereocenters. The summed E-state index contributed by atoms with van der Waals surface area (Å²) in [5.74, 6) is 0. The Kier molecular flexibility index (Phi) is 3.58. The van der Waals surface area contributed by atoms with E-state index in [1.807, 2.05) is 12.1 Å². The van der Waals surface area contributed by atoms with E-state index in [1.54, 1.807) is 6.07 Å². The molecule has 0 saturated carbocycles. The van der Waals surface area contributed by atoms with Gasteiger partial charge in [-0.1, -0.05) is 24.6 Å². The van der Waals surface area contributed by atoms with Gasteiger partial charge >= 0.3 is 0 Å². The van der Waals surface area contributed by atoms with Crippen molar-refractivity contribution in [3.05, 3.63) is 28.8 Å². The zero-order valence-electron chi connectivity index (χ0n) is 8.05. The van der Waals surface area contributed by atoms with E-state index in [-0.39, 0.29) is 0 Å². The lowest BCUT2D eigenvalue weighted by molar-refractivity contribution is 0.346. The minimum absolute atomic E-state index is 0.695. The lowest BCUT2D eigenvalue weighted by atomic mass is 10.2. The van der Waals surface area contributed by atoms with Crippen molar-refractivity contribution >= 4 is 17.3 Å². The smallest absolute Gasteiger partial charge is 0.0426 e. The maximum absolute atomic E-state index is 5.81. The third-order valence-corrected chi connectivity index (χ3v) is 2.32. The Morgan fingerprint density at radius 2 is 2.15 bits per heavy atom. The molecular weight excluding hydrogens is 184 g/mol. The Hall–Kier alpha value is -0.730. The van der Waals surface area contributed by atoms with Gasteiger partial charge in [0.2, 0.25) is 0 Å². The maximum Gasteiger partial charge on any atom is 0.0426 e. The van der Waals surface area contributed by atoms with E-state index in [0.29, 0.717) is 5.02 Å². The highest BCUT2D eigenvalue weighted by Crippen LogP contribution is 2.18. The highest BCUT2D eigenvalue weighted by molar-refractivity contribution is 6.30. The molecule has 3 heteroatoms. The van der Waals surface area contributed by atoms with Crippen molar-refractivity contribution in [2.75, 3.05) is 19.3 Å². The number of nitrogen functional groups attached to an aromatic ring is 1. The van der Waals surface area contributed by atoms with Crippen molar-refractivity contribution < 1.29 is 0 Å². The molecule has 0 fully saturated rings. The zero-order chi connectivity index (χ0) is 9.84. The summed E-state index contributed by atoms with van der Waals surface area (Å²) >= 11 is 5.79. The van der Waals surface area contributed by atoms with Crippen LogP contribution in [0.25, 0.3) is 0 Å². The Bertz CT molecular complexity index is 286. The largest absolute Gasteiger partial charge is 0.398 e.